The first-order chi connectivity index (χ1) is 15.2. The molecule has 0 aromatic carbocycles. The Balaban J connectivity index is 0.000000360. The van der Waals surface area contributed by atoms with E-state index in [0.717, 1.165) is 25.0 Å². The van der Waals surface area contributed by atoms with Crippen LogP contribution < -0.4 is 0 Å². The lowest BCUT2D eigenvalue weighted by atomic mass is 9.88. The van der Waals surface area contributed by atoms with Crippen molar-refractivity contribution in [3.63, 3.8) is 0 Å². The number of hydrogen-bond donors (Lipinski definition) is 1. The van der Waals surface area contributed by atoms with Gasteiger partial charge in [-0.25, -0.2) is 4.79 Å². The van der Waals surface area contributed by atoms with Gasteiger partial charge >= 0.3 is 12.1 Å². The van der Waals surface area contributed by atoms with Crippen LogP contribution in [0.3, 0.4) is 0 Å². The SMILES string of the molecule is O=C(O)C(F)(F)F.O=C(c1ccoc1)N1CCC2(CC1)CC(OCc1ccccn1)CO2. The van der Waals surface area contributed by atoms with Crippen LogP contribution >= 0.6 is 0 Å². The van der Waals surface area contributed by atoms with Gasteiger partial charge in [0.05, 0.1) is 42.4 Å². The molecule has 2 saturated heterocycles. The molecule has 2 aromatic heterocycles. The third-order valence-corrected chi connectivity index (χ3v) is 5.34. The van der Waals surface area contributed by atoms with Gasteiger partial charge in [-0.15, -0.1) is 0 Å². The molecule has 8 nitrogen and oxygen atoms in total. The molecule has 0 saturated carbocycles. The van der Waals surface area contributed by atoms with E-state index in [1.165, 1.54) is 12.5 Å². The molecule has 1 spiro atoms. The quantitative estimate of drug-likeness (QED) is 0.753. The van der Waals surface area contributed by atoms with E-state index in [9.17, 15) is 18.0 Å². The molecule has 2 fully saturated rings. The van der Waals surface area contributed by atoms with Gasteiger partial charge in [0.2, 0.25) is 0 Å². The average molecular weight is 456 g/mol. The summed E-state index contributed by atoms with van der Waals surface area (Å²) in [5.41, 5.74) is 1.39. The fourth-order valence-corrected chi connectivity index (χ4v) is 3.63. The number of hydrogen-bond acceptors (Lipinski definition) is 6. The monoisotopic (exact) mass is 456 g/mol. The topological polar surface area (TPSA) is 102 Å². The number of ether oxygens (including phenoxy) is 2. The molecule has 1 atom stereocenters. The molecular weight excluding hydrogens is 433 g/mol. The van der Waals surface area contributed by atoms with Crippen LogP contribution in [0.2, 0.25) is 0 Å². The molecule has 11 heteroatoms. The summed E-state index contributed by atoms with van der Waals surface area (Å²) in [6.07, 6.45) is 2.40. The van der Waals surface area contributed by atoms with E-state index in [2.05, 4.69) is 4.98 Å². The Hall–Kier alpha value is -2.92. The zero-order valence-corrected chi connectivity index (χ0v) is 17.1. The summed E-state index contributed by atoms with van der Waals surface area (Å²) in [5.74, 6) is -2.72. The highest BCUT2D eigenvalue weighted by Crippen LogP contribution is 2.37. The summed E-state index contributed by atoms with van der Waals surface area (Å²) >= 11 is 0. The van der Waals surface area contributed by atoms with Crippen LogP contribution in [0.5, 0.6) is 0 Å². The standard InChI is InChI=1S/C19H22N2O4.C2HF3O2/c22-18(15-4-10-23-12-15)21-8-5-19(6-9-21)11-17(14-25-19)24-13-16-3-1-2-7-20-16;3-2(4,5)1(6)7/h1-4,7,10,12,17H,5-6,8-9,11,13-14H2;(H,6,7). The Morgan fingerprint density at radius 2 is 1.97 bits per heavy atom. The minimum Gasteiger partial charge on any atom is -0.475 e. The number of alkyl halides is 3. The molecule has 0 radical (unpaired) electrons. The number of nitrogens with zero attached hydrogens (tertiary/aromatic N) is 2. The molecule has 1 unspecified atom stereocenters. The highest BCUT2D eigenvalue weighted by Gasteiger charge is 2.44. The summed E-state index contributed by atoms with van der Waals surface area (Å²) in [4.78, 5) is 27.4. The number of carboxylic acid groups (broad SMARTS) is 1. The van der Waals surface area contributed by atoms with Crippen molar-refractivity contribution in [1.29, 1.82) is 0 Å². The molecule has 4 heterocycles. The first kappa shape index (κ1) is 23.7. The first-order valence-electron chi connectivity index (χ1n) is 9.96. The predicted molar refractivity (Wildman–Crippen MR) is 104 cm³/mol. The summed E-state index contributed by atoms with van der Waals surface area (Å²) < 4.78 is 48.8. The average Bonchev–Trinajstić information content (AvgIpc) is 3.44. The number of rotatable bonds is 4. The number of aliphatic carboxylic acids is 1. The lowest BCUT2D eigenvalue weighted by Gasteiger charge is -2.38. The maximum absolute atomic E-state index is 12.4. The van der Waals surface area contributed by atoms with Crippen molar-refractivity contribution in [2.75, 3.05) is 19.7 Å². The highest BCUT2D eigenvalue weighted by molar-refractivity contribution is 5.93. The number of pyridine rings is 1. The Morgan fingerprint density at radius 3 is 2.53 bits per heavy atom. The number of amides is 1. The van der Waals surface area contributed by atoms with Gasteiger partial charge in [-0.1, -0.05) is 6.07 Å². The molecule has 4 rings (SSSR count). The van der Waals surface area contributed by atoms with E-state index in [0.29, 0.717) is 31.9 Å². The molecule has 32 heavy (non-hydrogen) atoms. The Bertz CT molecular complexity index is 881. The van der Waals surface area contributed by atoms with Gasteiger partial charge in [-0.3, -0.25) is 9.78 Å². The lowest BCUT2D eigenvalue weighted by molar-refractivity contribution is -0.192. The van der Waals surface area contributed by atoms with Gasteiger partial charge < -0.3 is 23.9 Å². The molecule has 2 aromatic rings. The lowest BCUT2D eigenvalue weighted by Crippen LogP contribution is -2.46. The summed E-state index contributed by atoms with van der Waals surface area (Å²) in [5, 5.41) is 7.12. The van der Waals surface area contributed by atoms with Crippen molar-refractivity contribution in [3.8, 4) is 0 Å². The second-order valence-corrected chi connectivity index (χ2v) is 7.56. The van der Waals surface area contributed by atoms with Crippen LogP contribution in [0.1, 0.15) is 35.3 Å². The van der Waals surface area contributed by atoms with Crippen molar-refractivity contribution < 1.29 is 41.8 Å². The van der Waals surface area contributed by atoms with E-state index in [-0.39, 0.29) is 17.6 Å². The second kappa shape index (κ2) is 10.1. The number of furan rings is 1. The maximum Gasteiger partial charge on any atom is 0.490 e. The predicted octanol–water partition coefficient (Wildman–Crippen LogP) is 3.29. The second-order valence-electron chi connectivity index (χ2n) is 7.56. The number of carboxylic acids is 1. The van der Waals surface area contributed by atoms with Crippen molar-refractivity contribution in [2.45, 2.75) is 43.8 Å². The van der Waals surface area contributed by atoms with Crippen LogP contribution in [0, 0.1) is 0 Å². The number of likely N-dealkylation sites (tertiary alicyclic amines) is 1. The van der Waals surface area contributed by atoms with E-state index in [4.69, 9.17) is 23.8 Å². The Kier molecular flexibility index (Phi) is 7.52. The van der Waals surface area contributed by atoms with Gasteiger partial charge in [0.15, 0.2) is 0 Å². The normalized spacial score (nSPS) is 20.0. The van der Waals surface area contributed by atoms with Crippen LogP contribution in [0.25, 0.3) is 0 Å². The van der Waals surface area contributed by atoms with Gasteiger partial charge in [0.25, 0.3) is 5.91 Å². The van der Waals surface area contributed by atoms with E-state index < -0.39 is 12.1 Å². The van der Waals surface area contributed by atoms with Crippen molar-refractivity contribution >= 4 is 11.9 Å². The number of carbonyl (C=O) groups is 2. The molecule has 2 aliphatic rings. The highest BCUT2D eigenvalue weighted by atomic mass is 19.4. The summed E-state index contributed by atoms with van der Waals surface area (Å²) in [6.45, 7) is 2.53. The van der Waals surface area contributed by atoms with E-state index in [1.807, 2.05) is 23.1 Å². The molecule has 0 bridgehead atoms. The molecule has 174 valence electrons. The van der Waals surface area contributed by atoms with Gasteiger partial charge in [-0.2, -0.15) is 13.2 Å². The zero-order chi connectivity index (χ0) is 23.2. The third-order valence-electron chi connectivity index (χ3n) is 5.34. The summed E-state index contributed by atoms with van der Waals surface area (Å²) in [7, 11) is 0. The van der Waals surface area contributed by atoms with Crippen LogP contribution in [-0.4, -0.2) is 64.4 Å². The fraction of sp³-hybridized carbons (Fsp3) is 0.476. The Labute approximate surface area is 181 Å². The molecular formula is C21H23F3N2O6. The first-order valence-corrected chi connectivity index (χ1v) is 9.96. The van der Waals surface area contributed by atoms with Crippen LogP contribution in [-0.2, 0) is 20.9 Å². The largest absolute Gasteiger partial charge is 0.490 e. The van der Waals surface area contributed by atoms with Crippen molar-refractivity contribution in [1.82, 2.24) is 9.88 Å². The smallest absolute Gasteiger partial charge is 0.475 e. The number of carbonyl (C=O) groups excluding carboxylic acids is 1. The molecule has 0 aliphatic carbocycles. The minimum atomic E-state index is -5.08. The van der Waals surface area contributed by atoms with E-state index in [1.54, 1.807) is 12.3 Å². The minimum absolute atomic E-state index is 0.0320. The van der Waals surface area contributed by atoms with Gasteiger partial charge in [0.1, 0.15) is 6.26 Å². The van der Waals surface area contributed by atoms with E-state index >= 15 is 0 Å². The maximum atomic E-state index is 12.4. The summed E-state index contributed by atoms with van der Waals surface area (Å²) in [6, 6.07) is 7.53. The van der Waals surface area contributed by atoms with Crippen molar-refractivity contribution in [2.24, 2.45) is 0 Å². The Morgan fingerprint density at radius 1 is 1.25 bits per heavy atom. The fourth-order valence-electron chi connectivity index (χ4n) is 3.63. The number of piperidine rings is 1. The van der Waals surface area contributed by atoms with Crippen LogP contribution in [0.4, 0.5) is 13.2 Å². The third kappa shape index (κ3) is 6.30. The zero-order valence-electron chi connectivity index (χ0n) is 17.1. The van der Waals surface area contributed by atoms with Crippen LogP contribution in [0.15, 0.2) is 47.4 Å². The number of aromatic nitrogens is 1. The van der Waals surface area contributed by atoms with Gasteiger partial charge in [-0.05, 0) is 31.0 Å². The molecule has 1 N–H and O–H groups in total. The van der Waals surface area contributed by atoms with Crippen molar-refractivity contribution in [3.05, 3.63) is 54.2 Å². The molecule has 2 aliphatic heterocycles. The number of halogens is 3. The molecule has 1 amide bonds. The van der Waals surface area contributed by atoms with Gasteiger partial charge in [0, 0.05) is 25.7 Å².